The molecule has 0 fully saturated rings. The standard InChI is InChI=1S/C15H18ClN3O/c1-19(10-11-3-5-12(20-2)6-4-11)15-8-7-13(16)14(9-17)18-15/h3-8H,9-10,17H2,1-2H3. The van der Waals surface area contributed by atoms with Gasteiger partial charge in [0.05, 0.1) is 17.8 Å². The summed E-state index contributed by atoms with van der Waals surface area (Å²) in [5.41, 5.74) is 7.52. The average Bonchev–Trinajstić information content (AvgIpc) is 2.48. The number of hydrogen-bond donors (Lipinski definition) is 1. The van der Waals surface area contributed by atoms with Gasteiger partial charge in [-0.1, -0.05) is 23.7 Å². The van der Waals surface area contributed by atoms with Crippen LogP contribution in [-0.2, 0) is 13.1 Å². The Balaban J connectivity index is 2.12. The number of methoxy groups -OCH3 is 1. The number of aromatic nitrogens is 1. The molecule has 0 aliphatic carbocycles. The van der Waals surface area contributed by atoms with Crippen LogP contribution in [0.5, 0.6) is 5.75 Å². The Morgan fingerprint density at radius 2 is 1.90 bits per heavy atom. The highest BCUT2D eigenvalue weighted by Gasteiger charge is 2.07. The maximum Gasteiger partial charge on any atom is 0.129 e. The highest BCUT2D eigenvalue weighted by Crippen LogP contribution is 2.20. The normalized spacial score (nSPS) is 10.4. The van der Waals surface area contributed by atoms with Gasteiger partial charge in [-0.05, 0) is 29.8 Å². The summed E-state index contributed by atoms with van der Waals surface area (Å²) in [4.78, 5) is 6.52. The minimum absolute atomic E-state index is 0.336. The molecule has 1 heterocycles. The molecule has 5 heteroatoms. The lowest BCUT2D eigenvalue weighted by Crippen LogP contribution is -2.18. The summed E-state index contributed by atoms with van der Waals surface area (Å²) in [6.07, 6.45) is 0. The lowest BCUT2D eigenvalue weighted by molar-refractivity contribution is 0.414. The Bertz CT molecular complexity index is 572. The van der Waals surface area contributed by atoms with Crippen molar-refractivity contribution >= 4 is 17.4 Å². The van der Waals surface area contributed by atoms with Crippen LogP contribution in [-0.4, -0.2) is 19.1 Å². The van der Waals surface area contributed by atoms with Gasteiger partial charge in [0.1, 0.15) is 11.6 Å². The summed E-state index contributed by atoms with van der Waals surface area (Å²) < 4.78 is 5.15. The second-order valence-corrected chi connectivity index (χ2v) is 4.91. The third-order valence-corrected chi connectivity index (χ3v) is 3.41. The average molecular weight is 292 g/mol. The van der Waals surface area contributed by atoms with Crippen LogP contribution in [0.25, 0.3) is 0 Å². The Morgan fingerprint density at radius 1 is 1.20 bits per heavy atom. The molecule has 0 spiro atoms. The molecule has 1 aromatic heterocycles. The zero-order valence-corrected chi connectivity index (χ0v) is 12.4. The molecule has 106 valence electrons. The lowest BCUT2D eigenvalue weighted by atomic mass is 10.2. The van der Waals surface area contributed by atoms with Gasteiger partial charge in [0, 0.05) is 20.1 Å². The van der Waals surface area contributed by atoms with Gasteiger partial charge < -0.3 is 15.4 Å². The Labute approximate surface area is 124 Å². The van der Waals surface area contributed by atoms with Crippen molar-refractivity contribution in [1.82, 2.24) is 4.98 Å². The third-order valence-electron chi connectivity index (χ3n) is 3.07. The summed E-state index contributed by atoms with van der Waals surface area (Å²) in [5.74, 6) is 1.71. The van der Waals surface area contributed by atoms with E-state index < -0.39 is 0 Å². The van der Waals surface area contributed by atoms with Crippen LogP contribution in [0, 0.1) is 0 Å². The number of halogens is 1. The fourth-order valence-corrected chi connectivity index (χ4v) is 2.10. The molecule has 2 aromatic rings. The van der Waals surface area contributed by atoms with E-state index in [0.29, 0.717) is 17.3 Å². The number of rotatable bonds is 5. The summed E-state index contributed by atoms with van der Waals surface area (Å²) in [6, 6.07) is 11.7. The Hall–Kier alpha value is -1.78. The molecule has 4 nitrogen and oxygen atoms in total. The molecule has 0 radical (unpaired) electrons. The quantitative estimate of drug-likeness (QED) is 0.920. The molecular formula is C15H18ClN3O. The summed E-state index contributed by atoms with van der Waals surface area (Å²) >= 11 is 6.02. The van der Waals surface area contributed by atoms with Crippen LogP contribution in [0.3, 0.4) is 0 Å². The SMILES string of the molecule is COc1ccc(CN(C)c2ccc(Cl)c(CN)n2)cc1. The zero-order chi connectivity index (χ0) is 14.5. The van der Waals surface area contributed by atoms with E-state index in [1.54, 1.807) is 7.11 Å². The molecule has 0 unspecified atom stereocenters. The van der Waals surface area contributed by atoms with E-state index in [2.05, 4.69) is 9.88 Å². The highest BCUT2D eigenvalue weighted by molar-refractivity contribution is 6.31. The number of anilines is 1. The van der Waals surface area contributed by atoms with Crippen molar-refractivity contribution in [2.45, 2.75) is 13.1 Å². The molecule has 0 aliphatic heterocycles. The van der Waals surface area contributed by atoms with Gasteiger partial charge in [0.15, 0.2) is 0 Å². The van der Waals surface area contributed by atoms with Gasteiger partial charge in [-0.25, -0.2) is 4.98 Å². The Kier molecular flexibility index (Phi) is 4.82. The van der Waals surface area contributed by atoms with Gasteiger partial charge in [0.2, 0.25) is 0 Å². The molecule has 0 saturated heterocycles. The van der Waals surface area contributed by atoms with E-state index in [0.717, 1.165) is 18.1 Å². The lowest BCUT2D eigenvalue weighted by Gasteiger charge is -2.19. The van der Waals surface area contributed by atoms with Crippen LogP contribution in [0.2, 0.25) is 5.02 Å². The number of ether oxygens (including phenoxy) is 1. The molecule has 0 amide bonds. The number of pyridine rings is 1. The van der Waals surface area contributed by atoms with Crippen LogP contribution in [0.15, 0.2) is 36.4 Å². The monoisotopic (exact) mass is 291 g/mol. The highest BCUT2D eigenvalue weighted by atomic mass is 35.5. The van der Waals surface area contributed by atoms with E-state index in [9.17, 15) is 0 Å². The van der Waals surface area contributed by atoms with Crippen LogP contribution in [0.4, 0.5) is 5.82 Å². The van der Waals surface area contributed by atoms with E-state index in [-0.39, 0.29) is 0 Å². The van der Waals surface area contributed by atoms with Crippen molar-refractivity contribution in [2.75, 3.05) is 19.1 Å². The smallest absolute Gasteiger partial charge is 0.129 e. The number of hydrogen-bond acceptors (Lipinski definition) is 4. The van der Waals surface area contributed by atoms with Crippen molar-refractivity contribution in [2.24, 2.45) is 5.73 Å². The second-order valence-electron chi connectivity index (χ2n) is 4.51. The molecule has 1 aromatic carbocycles. The number of benzene rings is 1. The minimum atomic E-state index is 0.336. The Morgan fingerprint density at radius 3 is 2.50 bits per heavy atom. The first-order valence-corrected chi connectivity index (χ1v) is 6.71. The van der Waals surface area contributed by atoms with Gasteiger partial charge >= 0.3 is 0 Å². The second kappa shape index (κ2) is 6.59. The maximum absolute atomic E-state index is 6.02. The summed E-state index contributed by atoms with van der Waals surface area (Å²) in [7, 11) is 3.65. The molecule has 2 N–H and O–H groups in total. The first-order chi connectivity index (χ1) is 9.63. The predicted octanol–water partition coefficient (Wildman–Crippen LogP) is 2.84. The first-order valence-electron chi connectivity index (χ1n) is 6.33. The maximum atomic E-state index is 6.02. The topological polar surface area (TPSA) is 51.4 Å². The number of nitrogens with two attached hydrogens (primary N) is 1. The molecular weight excluding hydrogens is 274 g/mol. The summed E-state index contributed by atoms with van der Waals surface area (Å²) in [6.45, 7) is 1.09. The fraction of sp³-hybridized carbons (Fsp3) is 0.267. The van der Waals surface area contributed by atoms with Gasteiger partial charge in [-0.3, -0.25) is 0 Å². The van der Waals surface area contributed by atoms with Crippen LogP contribution >= 0.6 is 11.6 Å². The molecule has 0 aliphatic rings. The van der Waals surface area contributed by atoms with Gasteiger partial charge in [-0.2, -0.15) is 0 Å². The summed E-state index contributed by atoms with van der Waals surface area (Å²) in [5, 5.41) is 0.606. The predicted molar refractivity (Wildman–Crippen MR) is 82.2 cm³/mol. The molecule has 2 rings (SSSR count). The third kappa shape index (κ3) is 3.40. The van der Waals surface area contributed by atoms with Crippen molar-refractivity contribution < 1.29 is 4.74 Å². The van der Waals surface area contributed by atoms with Crippen molar-refractivity contribution in [3.05, 3.63) is 52.7 Å². The largest absolute Gasteiger partial charge is 0.497 e. The number of nitrogens with zero attached hydrogens (tertiary/aromatic N) is 2. The van der Waals surface area contributed by atoms with Gasteiger partial charge in [-0.15, -0.1) is 0 Å². The molecule has 0 bridgehead atoms. The van der Waals surface area contributed by atoms with Crippen molar-refractivity contribution in [1.29, 1.82) is 0 Å². The minimum Gasteiger partial charge on any atom is -0.497 e. The van der Waals surface area contributed by atoms with E-state index in [4.69, 9.17) is 22.1 Å². The van der Waals surface area contributed by atoms with Crippen LogP contribution < -0.4 is 15.4 Å². The van der Waals surface area contributed by atoms with Crippen LogP contribution in [0.1, 0.15) is 11.3 Å². The van der Waals surface area contributed by atoms with Gasteiger partial charge in [0.25, 0.3) is 0 Å². The molecule has 20 heavy (non-hydrogen) atoms. The molecule has 0 atom stereocenters. The first kappa shape index (κ1) is 14.6. The van der Waals surface area contributed by atoms with E-state index in [1.807, 2.05) is 43.4 Å². The molecule has 0 saturated carbocycles. The fourth-order valence-electron chi connectivity index (χ4n) is 1.91. The zero-order valence-electron chi connectivity index (χ0n) is 11.6. The van der Waals surface area contributed by atoms with E-state index in [1.165, 1.54) is 5.56 Å². The van der Waals surface area contributed by atoms with E-state index >= 15 is 0 Å². The van der Waals surface area contributed by atoms with Crippen molar-refractivity contribution in [3.8, 4) is 5.75 Å². The van der Waals surface area contributed by atoms with Crippen molar-refractivity contribution in [3.63, 3.8) is 0 Å².